The van der Waals surface area contributed by atoms with E-state index in [2.05, 4.69) is 25.9 Å². The first-order valence-electron chi connectivity index (χ1n) is 9.78. The van der Waals surface area contributed by atoms with Gasteiger partial charge in [-0.1, -0.05) is 18.2 Å². The molecule has 0 aliphatic carbocycles. The zero-order valence-electron chi connectivity index (χ0n) is 18.1. The number of amides is 2. The van der Waals surface area contributed by atoms with Gasteiger partial charge in [0, 0.05) is 30.2 Å². The number of nitrogens with one attached hydrogen (secondary N) is 3. The standard InChI is InChI=1S/C22H22Cl2N5O3P/c1-12-7-8-15(27-20(30)14-6-4-5-13(9-14)18(23)24)10-17(12)28-21(31)16-11-26-22(33(3)32)29-19(16)25-2/h4-11,18,32H,1-3H3,(H,27,30)(H,28,31)(H,25,26,29). The van der Waals surface area contributed by atoms with Crippen molar-refractivity contribution in [2.24, 2.45) is 0 Å². The van der Waals surface area contributed by atoms with Crippen molar-refractivity contribution in [1.82, 2.24) is 9.97 Å². The maximum Gasteiger partial charge on any atom is 0.261 e. The summed E-state index contributed by atoms with van der Waals surface area (Å²) in [7, 11) is 0.141. The molecule has 0 radical (unpaired) electrons. The van der Waals surface area contributed by atoms with E-state index in [0.717, 1.165) is 5.56 Å². The van der Waals surface area contributed by atoms with Crippen molar-refractivity contribution in [3.8, 4) is 0 Å². The van der Waals surface area contributed by atoms with E-state index < -0.39 is 18.9 Å². The summed E-state index contributed by atoms with van der Waals surface area (Å²) in [6, 6.07) is 11.9. The molecular formula is C22H22Cl2N5O3P. The predicted molar refractivity (Wildman–Crippen MR) is 134 cm³/mol. The summed E-state index contributed by atoms with van der Waals surface area (Å²) in [5, 5.41) is 8.49. The molecule has 8 nitrogen and oxygen atoms in total. The third-order valence-electron chi connectivity index (χ3n) is 4.69. The number of hydrogen-bond donors (Lipinski definition) is 4. The van der Waals surface area contributed by atoms with E-state index in [9.17, 15) is 14.5 Å². The van der Waals surface area contributed by atoms with Crippen molar-refractivity contribution in [3.63, 3.8) is 0 Å². The minimum Gasteiger partial charge on any atom is -0.372 e. The molecule has 3 rings (SSSR count). The van der Waals surface area contributed by atoms with Gasteiger partial charge in [0.25, 0.3) is 11.8 Å². The van der Waals surface area contributed by atoms with Gasteiger partial charge in [0.05, 0.1) is 8.15 Å². The lowest BCUT2D eigenvalue weighted by Crippen LogP contribution is -2.21. The number of carbonyl (C=O) groups excluding carboxylic acids is 2. The van der Waals surface area contributed by atoms with Crippen LogP contribution >= 0.6 is 31.4 Å². The number of aromatic nitrogens is 2. The Labute approximate surface area is 202 Å². The molecule has 1 unspecified atom stereocenters. The monoisotopic (exact) mass is 505 g/mol. The van der Waals surface area contributed by atoms with Gasteiger partial charge in [-0.3, -0.25) is 9.59 Å². The van der Waals surface area contributed by atoms with E-state index in [-0.39, 0.29) is 17.0 Å². The predicted octanol–water partition coefficient (Wildman–Crippen LogP) is 4.45. The molecule has 0 saturated heterocycles. The average Bonchev–Trinajstić information content (AvgIpc) is 2.80. The fraction of sp³-hybridized carbons (Fsp3) is 0.182. The van der Waals surface area contributed by atoms with Gasteiger partial charge >= 0.3 is 0 Å². The maximum atomic E-state index is 12.9. The molecule has 172 valence electrons. The van der Waals surface area contributed by atoms with Gasteiger partial charge in [-0.05, 0) is 49.0 Å². The fourth-order valence-electron chi connectivity index (χ4n) is 2.93. The second-order valence-electron chi connectivity index (χ2n) is 7.07. The molecule has 0 fully saturated rings. The highest BCUT2D eigenvalue weighted by molar-refractivity contribution is 7.58. The number of hydrogen-bond acceptors (Lipinski definition) is 6. The summed E-state index contributed by atoms with van der Waals surface area (Å²) in [5.41, 5.74) is 3.32. The van der Waals surface area contributed by atoms with Crippen LogP contribution in [0.3, 0.4) is 0 Å². The lowest BCUT2D eigenvalue weighted by atomic mass is 10.1. The first-order valence-corrected chi connectivity index (χ1v) is 12.4. The zero-order chi connectivity index (χ0) is 24.1. The fourth-order valence-corrected chi connectivity index (χ4v) is 3.67. The molecule has 0 bridgehead atoms. The summed E-state index contributed by atoms with van der Waals surface area (Å²) in [6.45, 7) is 3.44. The number of nitrogens with zero attached hydrogens (tertiary/aromatic N) is 2. The third-order valence-corrected chi connectivity index (χ3v) is 5.99. The van der Waals surface area contributed by atoms with E-state index >= 15 is 0 Å². The summed E-state index contributed by atoms with van der Waals surface area (Å²) in [6.07, 6.45) is 1.37. The largest absolute Gasteiger partial charge is 0.372 e. The second kappa shape index (κ2) is 10.9. The van der Waals surface area contributed by atoms with E-state index in [1.54, 1.807) is 56.2 Å². The van der Waals surface area contributed by atoms with Gasteiger partial charge in [0.2, 0.25) is 0 Å². The molecule has 0 spiro atoms. The van der Waals surface area contributed by atoms with Crippen LogP contribution in [-0.4, -0.2) is 40.4 Å². The third kappa shape index (κ3) is 6.18. The molecule has 1 aromatic heterocycles. The quantitative estimate of drug-likeness (QED) is 0.278. The van der Waals surface area contributed by atoms with Gasteiger partial charge in [-0.15, -0.1) is 23.2 Å². The molecule has 0 saturated carbocycles. The lowest BCUT2D eigenvalue weighted by molar-refractivity contribution is 0.101. The molecular weight excluding hydrogens is 484 g/mol. The Morgan fingerprint density at radius 2 is 1.85 bits per heavy atom. The zero-order valence-corrected chi connectivity index (χ0v) is 20.5. The SMILES string of the molecule is CNc1nc(P(C)O)ncc1C(=O)Nc1cc(NC(=O)c2cccc(C(Cl)Cl)c2)ccc1C. The molecule has 0 aliphatic rings. The number of aryl methyl sites for hydroxylation is 1. The Hall–Kier alpha value is -2.77. The topological polar surface area (TPSA) is 116 Å². The summed E-state index contributed by atoms with van der Waals surface area (Å²) in [4.78, 5) is 42.8. The molecule has 3 aromatic rings. The van der Waals surface area contributed by atoms with Gasteiger partial charge in [0.15, 0.2) is 5.57 Å². The van der Waals surface area contributed by atoms with Crippen molar-refractivity contribution in [2.45, 2.75) is 11.8 Å². The lowest BCUT2D eigenvalue weighted by Gasteiger charge is -2.14. The smallest absolute Gasteiger partial charge is 0.261 e. The number of halogens is 2. The Morgan fingerprint density at radius 1 is 1.09 bits per heavy atom. The molecule has 2 aromatic carbocycles. The Balaban J connectivity index is 1.80. The van der Waals surface area contributed by atoms with Crippen LogP contribution in [0.4, 0.5) is 17.2 Å². The van der Waals surface area contributed by atoms with Crippen molar-refractivity contribution < 1.29 is 14.5 Å². The van der Waals surface area contributed by atoms with E-state index in [1.807, 2.05) is 6.92 Å². The minimum absolute atomic E-state index is 0.223. The Morgan fingerprint density at radius 3 is 2.52 bits per heavy atom. The number of benzene rings is 2. The van der Waals surface area contributed by atoms with Crippen molar-refractivity contribution in [1.29, 1.82) is 0 Å². The summed E-state index contributed by atoms with van der Waals surface area (Å²) in [5.74, 6) is -0.466. The first kappa shape index (κ1) is 24.9. The van der Waals surface area contributed by atoms with Crippen LogP contribution in [-0.2, 0) is 0 Å². The summed E-state index contributed by atoms with van der Waals surface area (Å²) >= 11 is 11.8. The normalized spacial score (nSPS) is 11.7. The molecule has 2 amide bonds. The summed E-state index contributed by atoms with van der Waals surface area (Å²) < 4.78 is 0. The molecule has 33 heavy (non-hydrogen) atoms. The second-order valence-corrected chi connectivity index (χ2v) is 9.61. The highest BCUT2D eigenvalue weighted by Crippen LogP contribution is 2.27. The van der Waals surface area contributed by atoms with Crippen molar-refractivity contribution >= 4 is 65.9 Å². The van der Waals surface area contributed by atoms with E-state index in [4.69, 9.17) is 23.2 Å². The van der Waals surface area contributed by atoms with Crippen molar-refractivity contribution in [2.75, 3.05) is 29.7 Å². The van der Waals surface area contributed by atoms with Crippen LogP contribution in [0.15, 0.2) is 48.7 Å². The molecule has 1 atom stereocenters. The van der Waals surface area contributed by atoms with Crippen LogP contribution in [0.25, 0.3) is 0 Å². The van der Waals surface area contributed by atoms with Crippen LogP contribution in [0.5, 0.6) is 0 Å². The van der Waals surface area contributed by atoms with Gasteiger partial charge < -0.3 is 20.8 Å². The number of alkyl halides is 2. The first-order chi connectivity index (χ1) is 15.7. The molecule has 1 heterocycles. The highest BCUT2D eigenvalue weighted by Gasteiger charge is 2.17. The molecule has 4 N–H and O–H groups in total. The number of anilines is 3. The van der Waals surface area contributed by atoms with Crippen molar-refractivity contribution in [3.05, 3.63) is 70.9 Å². The van der Waals surface area contributed by atoms with E-state index in [1.165, 1.54) is 6.20 Å². The highest BCUT2D eigenvalue weighted by atomic mass is 35.5. The van der Waals surface area contributed by atoms with E-state index in [0.29, 0.717) is 28.3 Å². The maximum absolute atomic E-state index is 12.9. The van der Waals surface area contributed by atoms with Gasteiger partial charge in [0.1, 0.15) is 16.2 Å². The van der Waals surface area contributed by atoms with Gasteiger partial charge in [-0.2, -0.15) is 0 Å². The Bertz CT molecular complexity index is 1190. The number of carbonyl (C=O) groups is 2. The number of rotatable bonds is 7. The van der Waals surface area contributed by atoms with Gasteiger partial charge in [-0.25, -0.2) is 9.97 Å². The molecule has 0 aliphatic heterocycles. The average molecular weight is 506 g/mol. The van der Waals surface area contributed by atoms with Crippen LogP contribution < -0.4 is 21.5 Å². The van der Waals surface area contributed by atoms with Crippen LogP contribution in [0, 0.1) is 6.92 Å². The Kier molecular flexibility index (Phi) is 8.21. The van der Waals surface area contributed by atoms with Crippen LogP contribution in [0.1, 0.15) is 36.7 Å². The minimum atomic E-state index is -1.49. The van der Waals surface area contributed by atoms with Crippen LogP contribution in [0.2, 0.25) is 0 Å². The molecule has 11 heteroatoms.